The van der Waals surface area contributed by atoms with Crippen molar-refractivity contribution in [2.45, 2.75) is 44.8 Å². The van der Waals surface area contributed by atoms with E-state index in [4.69, 9.17) is 0 Å². The van der Waals surface area contributed by atoms with Crippen molar-refractivity contribution in [3.63, 3.8) is 0 Å². The van der Waals surface area contributed by atoms with E-state index in [2.05, 4.69) is 0 Å². The number of halogens is 5. The maximum Gasteiger partial charge on any atom is 0.469 e. The number of unbranched alkanes of at least 4 members (excludes halogenated alkanes) is 3. The number of nitrogens with one attached hydrogen (secondary N) is 1. The maximum absolute atomic E-state index is 12.2. The summed E-state index contributed by atoms with van der Waals surface area (Å²) in [6, 6.07) is -4.76. The average molecular weight is 219 g/mol. The summed E-state index contributed by atoms with van der Waals surface area (Å²) in [6.07, 6.45) is -2.75. The van der Waals surface area contributed by atoms with Crippen LogP contribution in [0.1, 0.15) is 32.6 Å². The van der Waals surface area contributed by atoms with Gasteiger partial charge in [0, 0.05) is 6.54 Å². The largest absolute Gasteiger partial charge is 0.469 e. The molecule has 0 saturated carbocycles. The standard InChI is InChI=1S/C8H14F5N/c1-2-3-4-5-6-14-8(12,13)7(9,10)11/h14H,2-6H2,1H3. The van der Waals surface area contributed by atoms with E-state index in [0.29, 0.717) is 12.8 Å². The van der Waals surface area contributed by atoms with Crippen LogP contribution in [-0.2, 0) is 0 Å². The summed E-state index contributed by atoms with van der Waals surface area (Å²) in [5.74, 6) is 0. The molecule has 0 aromatic heterocycles. The molecular weight excluding hydrogens is 205 g/mol. The van der Waals surface area contributed by atoms with Gasteiger partial charge in [0.05, 0.1) is 0 Å². The molecule has 0 aliphatic rings. The van der Waals surface area contributed by atoms with Crippen molar-refractivity contribution in [3.05, 3.63) is 0 Å². The molecule has 0 heterocycles. The summed E-state index contributed by atoms with van der Waals surface area (Å²) >= 11 is 0. The third-order valence-electron chi connectivity index (χ3n) is 1.73. The van der Waals surface area contributed by atoms with Gasteiger partial charge >= 0.3 is 12.2 Å². The Morgan fingerprint density at radius 3 is 1.93 bits per heavy atom. The van der Waals surface area contributed by atoms with Crippen molar-refractivity contribution < 1.29 is 22.0 Å². The second kappa shape index (κ2) is 5.48. The van der Waals surface area contributed by atoms with Crippen molar-refractivity contribution in [2.75, 3.05) is 6.54 Å². The lowest BCUT2D eigenvalue weighted by Crippen LogP contribution is -2.49. The van der Waals surface area contributed by atoms with Gasteiger partial charge in [-0.25, -0.2) is 0 Å². The van der Waals surface area contributed by atoms with Gasteiger partial charge in [-0.2, -0.15) is 22.0 Å². The molecule has 0 amide bonds. The van der Waals surface area contributed by atoms with Crippen LogP contribution < -0.4 is 5.32 Å². The monoisotopic (exact) mass is 219 g/mol. The number of rotatable bonds is 6. The van der Waals surface area contributed by atoms with Gasteiger partial charge < -0.3 is 0 Å². The minimum Gasteiger partial charge on any atom is -0.250 e. The van der Waals surface area contributed by atoms with Crippen LogP contribution in [0.4, 0.5) is 22.0 Å². The van der Waals surface area contributed by atoms with Crippen molar-refractivity contribution in [3.8, 4) is 0 Å². The lowest BCUT2D eigenvalue weighted by atomic mass is 10.2. The predicted molar refractivity (Wildman–Crippen MR) is 43.1 cm³/mol. The minimum atomic E-state index is -5.50. The Morgan fingerprint density at radius 2 is 1.50 bits per heavy atom. The van der Waals surface area contributed by atoms with E-state index in [1.807, 2.05) is 6.92 Å². The molecule has 0 aliphatic heterocycles. The van der Waals surface area contributed by atoms with Crippen LogP contribution >= 0.6 is 0 Å². The van der Waals surface area contributed by atoms with Gasteiger partial charge in [0.25, 0.3) is 0 Å². The molecule has 0 aliphatic carbocycles. The topological polar surface area (TPSA) is 12.0 Å². The van der Waals surface area contributed by atoms with Crippen LogP contribution in [0.2, 0.25) is 0 Å². The molecule has 1 nitrogen and oxygen atoms in total. The summed E-state index contributed by atoms with van der Waals surface area (Å²) in [5, 5.41) is 1.20. The van der Waals surface area contributed by atoms with E-state index in [9.17, 15) is 22.0 Å². The van der Waals surface area contributed by atoms with Crippen LogP contribution in [0.3, 0.4) is 0 Å². The molecule has 14 heavy (non-hydrogen) atoms. The Kier molecular flexibility index (Phi) is 5.33. The predicted octanol–water partition coefficient (Wildman–Crippen LogP) is 3.31. The summed E-state index contributed by atoms with van der Waals surface area (Å²) in [7, 11) is 0. The molecule has 86 valence electrons. The van der Waals surface area contributed by atoms with E-state index in [1.165, 1.54) is 5.32 Å². The van der Waals surface area contributed by atoms with Gasteiger partial charge in [-0.1, -0.05) is 26.2 Å². The lowest BCUT2D eigenvalue weighted by Gasteiger charge is -2.20. The SMILES string of the molecule is CCCCCCNC(F)(F)C(F)(F)F. The molecule has 0 rings (SSSR count). The Balaban J connectivity index is 3.67. The quantitative estimate of drug-likeness (QED) is 0.410. The number of hydrogen-bond acceptors (Lipinski definition) is 1. The van der Waals surface area contributed by atoms with E-state index in [1.54, 1.807) is 0 Å². The zero-order valence-corrected chi connectivity index (χ0v) is 7.93. The highest BCUT2D eigenvalue weighted by Gasteiger charge is 2.57. The maximum atomic E-state index is 12.2. The Bertz CT molecular complexity index is 154. The van der Waals surface area contributed by atoms with E-state index < -0.39 is 12.2 Å². The van der Waals surface area contributed by atoms with Crippen molar-refractivity contribution in [2.24, 2.45) is 0 Å². The first-order valence-electron chi connectivity index (χ1n) is 4.51. The zero-order chi connectivity index (χ0) is 11.2. The Hall–Kier alpha value is -0.390. The molecule has 0 fully saturated rings. The molecule has 6 heteroatoms. The molecule has 0 aromatic rings. The molecule has 0 atom stereocenters. The Labute approximate surface area is 79.7 Å². The van der Waals surface area contributed by atoms with Crippen LogP contribution in [0, 0.1) is 0 Å². The summed E-state index contributed by atoms with van der Waals surface area (Å²) < 4.78 is 59.2. The van der Waals surface area contributed by atoms with Gasteiger partial charge in [-0.3, -0.25) is 5.32 Å². The van der Waals surface area contributed by atoms with Crippen LogP contribution in [-0.4, -0.2) is 18.8 Å². The molecular formula is C8H14F5N. The zero-order valence-electron chi connectivity index (χ0n) is 7.93. The highest BCUT2D eigenvalue weighted by molar-refractivity contribution is 4.72. The fraction of sp³-hybridized carbons (Fsp3) is 1.00. The van der Waals surface area contributed by atoms with Gasteiger partial charge in [0.2, 0.25) is 0 Å². The third-order valence-corrected chi connectivity index (χ3v) is 1.73. The molecule has 0 bridgehead atoms. The molecule has 0 saturated heterocycles. The van der Waals surface area contributed by atoms with Crippen LogP contribution in [0.25, 0.3) is 0 Å². The van der Waals surface area contributed by atoms with E-state index in [0.717, 1.165) is 12.8 Å². The minimum absolute atomic E-state index is 0.313. The van der Waals surface area contributed by atoms with Crippen molar-refractivity contribution >= 4 is 0 Å². The fourth-order valence-corrected chi connectivity index (χ4v) is 0.897. The summed E-state index contributed by atoms with van der Waals surface area (Å²) in [5.41, 5.74) is 0. The molecule has 0 spiro atoms. The first-order chi connectivity index (χ1) is 6.31. The normalized spacial score (nSPS) is 13.3. The molecule has 0 unspecified atom stereocenters. The second-order valence-corrected chi connectivity index (χ2v) is 3.06. The van der Waals surface area contributed by atoms with Gasteiger partial charge in [-0.05, 0) is 6.42 Å². The lowest BCUT2D eigenvalue weighted by molar-refractivity contribution is -0.295. The fourth-order valence-electron chi connectivity index (χ4n) is 0.897. The molecule has 0 radical (unpaired) electrons. The molecule has 0 aromatic carbocycles. The second-order valence-electron chi connectivity index (χ2n) is 3.06. The van der Waals surface area contributed by atoms with Crippen molar-refractivity contribution in [1.29, 1.82) is 0 Å². The van der Waals surface area contributed by atoms with Gasteiger partial charge in [0.1, 0.15) is 0 Å². The average Bonchev–Trinajstić information content (AvgIpc) is 2.02. The highest BCUT2D eigenvalue weighted by Crippen LogP contribution is 2.32. The van der Waals surface area contributed by atoms with E-state index >= 15 is 0 Å². The first kappa shape index (κ1) is 13.6. The van der Waals surface area contributed by atoms with Gasteiger partial charge in [-0.15, -0.1) is 0 Å². The molecule has 1 N–H and O–H groups in total. The van der Waals surface area contributed by atoms with Crippen LogP contribution in [0.15, 0.2) is 0 Å². The summed E-state index contributed by atoms with van der Waals surface area (Å²) in [6.45, 7) is 1.62. The summed E-state index contributed by atoms with van der Waals surface area (Å²) in [4.78, 5) is 0. The number of alkyl halides is 5. The Morgan fingerprint density at radius 1 is 0.929 bits per heavy atom. The highest BCUT2D eigenvalue weighted by atomic mass is 19.4. The third kappa shape index (κ3) is 4.74. The number of hydrogen-bond donors (Lipinski definition) is 1. The van der Waals surface area contributed by atoms with Crippen molar-refractivity contribution in [1.82, 2.24) is 5.32 Å². The van der Waals surface area contributed by atoms with E-state index in [-0.39, 0.29) is 6.54 Å². The smallest absolute Gasteiger partial charge is 0.250 e. The van der Waals surface area contributed by atoms with Gasteiger partial charge in [0.15, 0.2) is 0 Å². The first-order valence-corrected chi connectivity index (χ1v) is 4.51. The van der Waals surface area contributed by atoms with Crippen LogP contribution in [0.5, 0.6) is 0 Å².